The predicted molar refractivity (Wildman–Crippen MR) is 74.1 cm³/mol. The number of benzene rings is 2. The van der Waals surface area contributed by atoms with Crippen LogP contribution >= 0.6 is 0 Å². The third-order valence-corrected chi connectivity index (χ3v) is 3.69. The van der Waals surface area contributed by atoms with Gasteiger partial charge in [0.05, 0.1) is 11.3 Å². The molecule has 1 heterocycles. The van der Waals surface area contributed by atoms with Crippen LogP contribution in [0.15, 0.2) is 12.1 Å². The zero-order valence-electron chi connectivity index (χ0n) is 11.0. The minimum Gasteiger partial charge on any atom is -0.507 e. The lowest BCUT2D eigenvalue weighted by atomic mass is 9.91. The van der Waals surface area contributed by atoms with Crippen molar-refractivity contribution in [3.05, 3.63) is 28.8 Å². The van der Waals surface area contributed by atoms with Crippen molar-refractivity contribution in [1.29, 1.82) is 0 Å². The van der Waals surface area contributed by atoms with Gasteiger partial charge in [0.2, 0.25) is 0 Å². The van der Waals surface area contributed by atoms with Crippen LogP contribution in [0.3, 0.4) is 0 Å². The Labute approximate surface area is 110 Å². The summed E-state index contributed by atoms with van der Waals surface area (Å²) < 4.78 is 0. The third-order valence-electron chi connectivity index (χ3n) is 3.69. The molecule has 0 bridgehead atoms. The van der Waals surface area contributed by atoms with Crippen LogP contribution in [0.1, 0.15) is 41.3 Å². The monoisotopic (exact) mass is 257 g/mol. The molecule has 19 heavy (non-hydrogen) atoms. The van der Waals surface area contributed by atoms with Crippen LogP contribution < -0.4 is 5.32 Å². The van der Waals surface area contributed by atoms with Crippen LogP contribution in [0.2, 0.25) is 0 Å². The highest BCUT2D eigenvalue weighted by molar-refractivity contribution is 6.27. The number of nitrogens with one attached hydrogen (secondary N) is 1. The van der Waals surface area contributed by atoms with Crippen molar-refractivity contribution in [2.75, 3.05) is 5.32 Å². The van der Waals surface area contributed by atoms with E-state index in [4.69, 9.17) is 0 Å². The fraction of sp³-hybridized carbons (Fsp3) is 0.267. The van der Waals surface area contributed by atoms with Gasteiger partial charge in [-0.25, -0.2) is 0 Å². The van der Waals surface area contributed by atoms with Gasteiger partial charge >= 0.3 is 0 Å². The van der Waals surface area contributed by atoms with Crippen LogP contribution in [0, 0.1) is 6.92 Å². The molecule has 0 atom stereocenters. The first-order chi connectivity index (χ1) is 8.91. The van der Waals surface area contributed by atoms with Crippen LogP contribution in [-0.2, 0) is 0 Å². The van der Waals surface area contributed by atoms with E-state index in [1.807, 2.05) is 19.9 Å². The van der Waals surface area contributed by atoms with E-state index in [1.165, 1.54) is 0 Å². The first kappa shape index (κ1) is 11.8. The molecule has 1 aliphatic heterocycles. The maximum absolute atomic E-state index is 11.9. The molecule has 0 fully saturated rings. The Morgan fingerprint density at radius 1 is 1.21 bits per heavy atom. The average molecular weight is 257 g/mol. The molecule has 0 aromatic heterocycles. The van der Waals surface area contributed by atoms with Crippen molar-refractivity contribution in [2.24, 2.45) is 0 Å². The largest absolute Gasteiger partial charge is 0.507 e. The highest BCUT2D eigenvalue weighted by Crippen LogP contribution is 2.47. The number of hydrogen-bond donors (Lipinski definition) is 3. The lowest BCUT2D eigenvalue weighted by Gasteiger charge is -2.14. The Morgan fingerprint density at radius 2 is 1.89 bits per heavy atom. The van der Waals surface area contributed by atoms with Gasteiger partial charge in [-0.05, 0) is 41.5 Å². The molecule has 1 amide bonds. The fourth-order valence-electron chi connectivity index (χ4n) is 2.73. The molecule has 2 aromatic carbocycles. The van der Waals surface area contributed by atoms with Gasteiger partial charge in [0.25, 0.3) is 5.91 Å². The quantitative estimate of drug-likeness (QED) is 0.687. The maximum Gasteiger partial charge on any atom is 0.260 e. The molecular weight excluding hydrogens is 242 g/mol. The number of aromatic hydroxyl groups is 2. The number of aryl methyl sites for hydroxylation is 1. The molecule has 3 N–H and O–H groups in total. The molecule has 1 aliphatic rings. The normalized spacial score (nSPS) is 13.4. The highest BCUT2D eigenvalue weighted by Gasteiger charge is 2.30. The number of carbonyl (C=O) groups excluding carboxylic acids is 1. The molecule has 0 unspecified atom stereocenters. The van der Waals surface area contributed by atoms with E-state index < -0.39 is 0 Å². The van der Waals surface area contributed by atoms with E-state index in [-0.39, 0.29) is 28.9 Å². The molecular formula is C15H15NO3. The second-order valence-corrected chi connectivity index (χ2v) is 5.31. The van der Waals surface area contributed by atoms with Gasteiger partial charge < -0.3 is 15.5 Å². The number of anilines is 1. The van der Waals surface area contributed by atoms with Crippen molar-refractivity contribution in [2.45, 2.75) is 26.7 Å². The van der Waals surface area contributed by atoms with Crippen molar-refractivity contribution in [3.8, 4) is 11.5 Å². The molecule has 4 nitrogen and oxygen atoms in total. The highest BCUT2D eigenvalue weighted by atomic mass is 16.3. The molecule has 0 spiro atoms. The first-order valence-electron chi connectivity index (χ1n) is 6.25. The lowest BCUT2D eigenvalue weighted by molar-refractivity contribution is 0.102. The zero-order chi connectivity index (χ0) is 13.9. The summed E-state index contributed by atoms with van der Waals surface area (Å²) in [6.45, 7) is 5.86. The Bertz CT molecular complexity index is 732. The number of rotatable bonds is 1. The van der Waals surface area contributed by atoms with Crippen molar-refractivity contribution in [1.82, 2.24) is 0 Å². The topological polar surface area (TPSA) is 69.6 Å². The molecule has 0 saturated heterocycles. The van der Waals surface area contributed by atoms with E-state index in [0.717, 1.165) is 10.9 Å². The summed E-state index contributed by atoms with van der Waals surface area (Å²) in [5, 5.41) is 24.3. The molecule has 0 radical (unpaired) electrons. The second-order valence-electron chi connectivity index (χ2n) is 5.31. The van der Waals surface area contributed by atoms with Gasteiger partial charge in [0.15, 0.2) is 0 Å². The van der Waals surface area contributed by atoms with E-state index in [1.54, 1.807) is 13.0 Å². The first-order valence-corrected chi connectivity index (χ1v) is 6.25. The number of carbonyl (C=O) groups is 1. The Kier molecular flexibility index (Phi) is 2.26. The van der Waals surface area contributed by atoms with Gasteiger partial charge in [0, 0.05) is 5.39 Å². The summed E-state index contributed by atoms with van der Waals surface area (Å²) in [7, 11) is 0. The van der Waals surface area contributed by atoms with Crippen LogP contribution in [0.4, 0.5) is 5.69 Å². The smallest absolute Gasteiger partial charge is 0.260 e. The number of amides is 1. The van der Waals surface area contributed by atoms with E-state index in [2.05, 4.69) is 5.32 Å². The Morgan fingerprint density at radius 3 is 2.53 bits per heavy atom. The van der Waals surface area contributed by atoms with E-state index in [9.17, 15) is 15.0 Å². The minimum atomic E-state index is -0.367. The average Bonchev–Trinajstić information content (AvgIpc) is 2.68. The lowest BCUT2D eigenvalue weighted by Crippen LogP contribution is -2.04. The summed E-state index contributed by atoms with van der Waals surface area (Å²) in [5.74, 6) is -0.114. The van der Waals surface area contributed by atoms with Crippen molar-refractivity contribution >= 4 is 22.4 Å². The summed E-state index contributed by atoms with van der Waals surface area (Å²) in [6, 6.07) is 3.51. The molecule has 0 saturated carbocycles. The van der Waals surface area contributed by atoms with Crippen LogP contribution in [0.25, 0.3) is 10.8 Å². The van der Waals surface area contributed by atoms with Gasteiger partial charge in [0.1, 0.15) is 11.5 Å². The van der Waals surface area contributed by atoms with Gasteiger partial charge in [-0.1, -0.05) is 13.8 Å². The maximum atomic E-state index is 11.9. The molecule has 98 valence electrons. The summed E-state index contributed by atoms with van der Waals surface area (Å²) >= 11 is 0. The van der Waals surface area contributed by atoms with Crippen LogP contribution in [0.5, 0.6) is 11.5 Å². The van der Waals surface area contributed by atoms with Crippen LogP contribution in [-0.4, -0.2) is 16.1 Å². The molecule has 3 rings (SSSR count). The minimum absolute atomic E-state index is 0.0318. The third kappa shape index (κ3) is 1.43. The molecule has 0 aliphatic carbocycles. The Balaban J connectivity index is 2.57. The number of phenolic OH excluding ortho intramolecular Hbond substituents is 2. The van der Waals surface area contributed by atoms with Gasteiger partial charge in [-0.2, -0.15) is 0 Å². The van der Waals surface area contributed by atoms with Crippen molar-refractivity contribution in [3.63, 3.8) is 0 Å². The fourth-order valence-corrected chi connectivity index (χ4v) is 2.73. The summed E-state index contributed by atoms with van der Waals surface area (Å²) in [6.07, 6.45) is 0. The molecule has 2 aromatic rings. The summed E-state index contributed by atoms with van der Waals surface area (Å²) in [4.78, 5) is 11.9. The molecule has 4 heteroatoms. The predicted octanol–water partition coefficient (Wildman–Crippen LogP) is 3.25. The van der Waals surface area contributed by atoms with E-state index in [0.29, 0.717) is 16.6 Å². The number of hydrogen-bond acceptors (Lipinski definition) is 3. The SMILES string of the molecule is Cc1cc2c(C(C)C)cc(O)c3c2c(c1O)NC3=O. The standard InChI is InChI=1S/C15H15NO3/c1-6(2)8-5-10(17)12-11-9(8)4-7(3)14(18)13(11)16-15(12)19/h4-6,17-18H,1-3H3,(H,16,19). The zero-order valence-corrected chi connectivity index (χ0v) is 11.0. The summed E-state index contributed by atoms with van der Waals surface area (Å²) in [5.41, 5.74) is 2.35. The number of phenols is 2. The van der Waals surface area contributed by atoms with Gasteiger partial charge in [-0.15, -0.1) is 0 Å². The second kappa shape index (κ2) is 3.63. The van der Waals surface area contributed by atoms with Gasteiger partial charge in [-0.3, -0.25) is 4.79 Å². The Hall–Kier alpha value is -2.23. The van der Waals surface area contributed by atoms with Crippen molar-refractivity contribution < 1.29 is 15.0 Å². The van der Waals surface area contributed by atoms with E-state index >= 15 is 0 Å².